The molecule has 0 radical (unpaired) electrons. The average molecular weight is 282 g/mol. The van der Waals surface area contributed by atoms with Crippen LogP contribution in [0.5, 0.6) is 17.2 Å². The summed E-state index contributed by atoms with van der Waals surface area (Å²) in [5.74, 6) is -2.15. The number of rotatable bonds is 7. The number of benzene rings is 1. The molecule has 0 aliphatic heterocycles. The maximum atomic E-state index is 12.0. The molecule has 0 spiro atoms. The first-order chi connectivity index (χ1) is 9.52. The normalized spacial score (nSPS) is 10.5. The van der Waals surface area contributed by atoms with Crippen molar-refractivity contribution in [3.05, 3.63) is 17.2 Å². The average Bonchev–Trinajstić information content (AvgIpc) is 2.43. The van der Waals surface area contributed by atoms with E-state index in [1.165, 1.54) is 0 Å². The molecule has 0 amide bonds. The van der Waals surface area contributed by atoms with E-state index in [1.54, 1.807) is 0 Å². The van der Waals surface area contributed by atoms with Gasteiger partial charge in [0.15, 0.2) is 11.5 Å². The lowest BCUT2D eigenvalue weighted by Crippen LogP contribution is -2.10. The third-order valence-electron chi connectivity index (χ3n) is 3.09. The van der Waals surface area contributed by atoms with Gasteiger partial charge in [-0.15, -0.1) is 0 Å². The lowest BCUT2D eigenvalue weighted by molar-refractivity contribution is 0.0497. The van der Waals surface area contributed by atoms with Crippen molar-refractivity contribution in [2.75, 3.05) is 6.61 Å². The van der Waals surface area contributed by atoms with Gasteiger partial charge >= 0.3 is 5.97 Å². The molecule has 0 saturated carbocycles. The van der Waals surface area contributed by atoms with Crippen LogP contribution in [0.15, 0.2) is 6.07 Å². The van der Waals surface area contributed by atoms with E-state index in [0.717, 1.165) is 31.7 Å². The number of carbonyl (C=O) groups is 1. The highest BCUT2D eigenvalue weighted by molar-refractivity contribution is 5.93. The molecule has 1 aromatic rings. The molecule has 0 unspecified atom stereocenters. The highest BCUT2D eigenvalue weighted by atomic mass is 16.5. The summed E-state index contributed by atoms with van der Waals surface area (Å²) in [5.41, 5.74) is 0.436. The molecule has 0 saturated heterocycles. The highest BCUT2D eigenvalue weighted by Gasteiger charge is 2.21. The molecule has 0 heterocycles. The van der Waals surface area contributed by atoms with E-state index in [4.69, 9.17) is 4.74 Å². The van der Waals surface area contributed by atoms with Gasteiger partial charge in [-0.25, -0.2) is 4.79 Å². The van der Waals surface area contributed by atoms with Crippen molar-refractivity contribution in [3.8, 4) is 17.2 Å². The number of unbranched alkanes of at least 4 members (excludes halogenated alkanes) is 2. The SMILES string of the molecule is CCCCOC(=O)c1cc(O)c(O)c(O)c1CCCC. The van der Waals surface area contributed by atoms with E-state index in [2.05, 4.69) is 0 Å². The monoisotopic (exact) mass is 282 g/mol. The summed E-state index contributed by atoms with van der Waals surface area (Å²) in [4.78, 5) is 12.0. The standard InChI is InChI=1S/C15H22O5/c1-3-5-7-10-11(15(19)20-8-6-4-2)9-12(16)14(18)13(10)17/h9,16-18H,3-8H2,1-2H3. The van der Waals surface area contributed by atoms with Gasteiger partial charge in [0.05, 0.1) is 12.2 Å². The number of hydrogen-bond donors (Lipinski definition) is 3. The molecule has 0 aliphatic carbocycles. The van der Waals surface area contributed by atoms with E-state index in [9.17, 15) is 20.1 Å². The molecule has 3 N–H and O–H groups in total. The molecule has 0 fully saturated rings. The van der Waals surface area contributed by atoms with Crippen molar-refractivity contribution in [1.29, 1.82) is 0 Å². The topological polar surface area (TPSA) is 87.0 Å². The van der Waals surface area contributed by atoms with E-state index in [0.29, 0.717) is 18.6 Å². The van der Waals surface area contributed by atoms with E-state index in [-0.39, 0.29) is 5.56 Å². The van der Waals surface area contributed by atoms with Crippen LogP contribution in [0.4, 0.5) is 0 Å². The van der Waals surface area contributed by atoms with Crippen LogP contribution < -0.4 is 0 Å². The van der Waals surface area contributed by atoms with Crippen LogP contribution in [0.1, 0.15) is 55.5 Å². The zero-order chi connectivity index (χ0) is 15.1. The van der Waals surface area contributed by atoms with Crippen LogP contribution in [0.3, 0.4) is 0 Å². The van der Waals surface area contributed by atoms with Crippen molar-refractivity contribution in [3.63, 3.8) is 0 Å². The van der Waals surface area contributed by atoms with E-state index >= 15 is 0 Å². The Balaban J connectivity index is 3.05. The summed E-state index contributed by atoms with van der Waals surface area (Å²) in [6.07, 6.45) is 3.74. The Morgan fingerprint density at radius 3 is 2.35 bits per heavy atom. The van der Waals surface area contributed by atoms with Crippen LogP contribution in [0.2, 0.25) is 0 Å². The van der Waals surface area contributed by atoms with Crippen molar-refractivity contribution in [1.82, 2.24) is 0 Å². The first kappa shape index (κ1) is 16.1. The number of esters is 1. The van der Waals surface area contributed by atoms with Crippen molar-refractivity contribution in [2.24, 2.45) is 0 Å². The van der Waals surface area contributed by atoms with Crippen LogP contribution in [-0.2, 0) is 11.2 Å². The third-order valence-corrected chi connectivity index (χ3v) is 3.09. The largest absolute Gasteiger partial charge is 0.504 e. The second-order valence-corrected chi connectivity index (χ2v) is 4.71. The van der Waals surface area contributed by atoms with Crippen molar-refractivity contribution >= 4 is 5.97 Å². The minimum absolute atomic E-state index is 0.113. The minimum atomic E-state index is -0.596. The quantitative estimate of drug-likeness (QED) is 0.406. The molecule has 20 heavy (non-hydrogen) atoms. The summed E-state index contributed by atoms with van der Waals surface area (Å²) in [6.45, 7) is 4.26. The Morgan fingerprint density at radius 1 is 1.10 bits per heavy atom. The Bertz CT molecular complexity index is 468. The van der Waals surface area contributed by atoms with Gasteiger partial charge in [0, 0.05) is 5.56 Å². The number of phenolic OH excluding ortho intramolecular Hbond substituents is 3. The number of hydrogen-bond acceptors (Lipinski definition) is 5. The van der Waals surface area contributed by atoms with Crippen molar-refractivity contribution in [2.45, 2.75) is 46.0 Å². The summed E-state index contributed by atoms with van der Waals surface area (Å²) in [6, 6.07) is 1.15. The van der Waals surface area contributed by atoms with Gasteiger partial charge in [0.25, 0.3) is 0 Å². The number of phenols is 3. The van der Waals surface area contributed by atoms with E-state index < -0.39 is 23.2 Å². The first-order valence-corrected chi connectivity index (χ1v) is 6.96. The predicted molar refractivity (Wildman–Crippen MR) is 75.2 cm³/mol. The maximum Gasteiger partial charge on any atom is 0.338 e. The van der Waals surface area contributed by atoms with Crippen LogP contribution in [0.25, 0.3) is 0 Å². The summed E-state index contributed by atoms with van der Waals surface area (Å²) in [7, 11) is 0. The number of ether oxygens (including phenoxy) is 1. The maximum absolute atomic E-state index is 12.0. The molecule has 1 aromatic carbocycles. The molecule has 0 aromatic heterocycles. The molecule has 0 bridgehead atoms. The number of aromatic hydroxyl groups is 3. The van der Waals surface area contributed by atoms with Crippen LogP contribution in [0, 0.1) is 0 Å². The van der Waals surface area contributed by atoms with Gasteiger partial charge < -0.3 is 20.1 Å². The van der Waals surface area contributed by atoms with E-state index in [1.807, 2.05) is 13.8 Å². The van der Waals surface area contributed by atoms with Gasteiger partial charge in [0.2, 0.25) is 5.75 Å². The predicted octanol–water partition coefficient (Wildman–Crippen LogP) is 3.10. The second-order valence-electron chi connectivity index (χ2n) is 4.71. The fourth-order valence-electron chi connectivity index (χ4n) is 1.86. The molecule has 0 aliphatic rings. The Hall–Kier alpha value is -1.91. The number of carbonyl (C=O) groups excluding carboxylic acids is 1. The third kappa shape index (κ3) is 3.79. The summed E-state index contributed by atoms with van der Waals surface area (Å²) >= 11 is 0. The molecule has 112 valence electrons. The Morgan fingerprint density at radius 2 is 1.75 bits per heavy atom. The fourth-order valence-corrected chi connectivity index (χ4v) is 1.86. The molecular formula is C15H22O5. The van der Waals surface area contributed by atoms with Crippen LogP contribution in [-0.4, -0.2) is 27.9 Å². The lowest BCUT2D eigenvalue weighted by Gasteiger charge is -2.13. The minimum Gasteiger partial charge on any atom is -0.504 e. The lowest BCUT2D eigenvalue weighted by atomic mass is 9.99. The molecule has 5 heteroatoms. The Kier molecular flexibility index (Phi) is 6.15. The molecule has 5 nitrogen and oxygen atoms in total. The fraction of sp³-hybridized carbons (Fsp3) is 0.533. The Labute approximate surface area is 118 Å². The molecule has 1 rings (SSSR count). The first-order valence-electron chi connectivity index (χ1n) is 6.96. The highest BCUT2D eigenvalue weighted by Crippen LogP contribution is 2.40. The second kappa shape index (κ2) is 7.62. The van der Waals surface area contributed by atoms with Gasteiger partial charge in [-0.1, -0.05) is 26.7 Å². The van der Waals surface area contributed by atoms with Gasteiger partial charge in [0.1, 0.15) is 0 Å². The smallest absolute Gasteiger partial charge is 0.338 e. The van der Waals surface area contributed by atoms with Gasteiger partial charge in [-0.3, -0.25) is 0 Å². The van der Waals surface area contributed by atoms with Gasteiger partial charge in [-0.05, 0) is 25.3 Å². The van der Waals surface area contributed by atoms with Crippen LogP contribution >= 0.6 is 0 Å². The molecular weight excluding hydrogens is 260 g/mol. The summed E-state index contributed by atoms with van der Waals surface area (Å²) < 4.78 is 5.10. The van der Waals surface area contributed by atoms with Gasteiger partial charge in [-0.2, -0.15) is 0 Å². The summed E-state index contributed by atoms with van der Waals surface area (Å²) in [5, 5.41) is 29.0. The zero-order valence-electron chi connectivity index (χ0n) is 12.0. The van der Waals surface area contributed by atoms with Crippen molar-refractivity contribution < 1.29 is 24.9 Å². The molecule has 0 atom stereocenters. The zero-order valence-corrected chi connectivity index (χ0v) is 12.0.